The van der Waals surface area contributed by atoms with Crippen LogP contribution in [0.15, 0.2) is 58.4 Å². The highest BCUT2D eigenvalue weighted by Crippen LogP contribution is 2.31. The molecule has 2 aromatic carbocycles. The Morgan fingerprint density at radius 3 is 2.69 bits per heavy atom. The van der Waals surface area contributed by atoms with Crippen molar-refractivity contribution in [2.24, 2.45) is 16.5 Å². The molecule has 0 bridgehead atoms. The molecular formula is C31H39ClFN7OS. The third-order valence-electron chi connectivity index (χ3n) is 7.00. The predicted octanol–water partition coefficient (Wildman–Crippen LogP) is 5.60. The van der Waals surface area contributed by atoms with Gasteiger partial charge in [-0.15, -0.1) is 0 Å². The van der Waals surface area contributed by atoms with Crippen LogP contribution >= 0.6 is 23.4 Å². The van der Waals surface area contributed by atoms with Crippen molar-refractivity contribution < 1.29 is 4.39 Å². The van der Waals surface area contributed by atoms with E-state index in [-0.39, 0.29) is 17.1 Å². The van der Waals surface area contributed by atoms with E-state index in [0.717, 1.165) is 49.1 Å². The van der Waals surface area contributed by atoms with Crippen LogP contribution in [-0.4, -0.2) is 51.5 Å². The summed E-state index contributed by atoms with van der Waals surface area (Å²) in [6, 6.07) is 13.4. The number of hydrogen-bond acceptors (Lipinski definition) is 6. The van der Waals surface area contributed by atoms with Crippen LogP contribution in [0.4, 0.5) is 4.39 Å². The van der Waals surface area contributed by atoms with Gasteiger partial charge in [0.1, 0.15) is 5.65 Å². The zero-order chi connectivity index (χ0) is 30.2. The number of nitrogens with one attached hydrogen (secondary N) is 2. The number of aliphatic imine (C=N–C) groups is 1. The first kappa shape index (κ1) is 31.7. The van der Waals surface area contributed by atoms with E-state index in [4.69, 9.17) is 23.1 Å². The van der Waals surface area contributed by atoms with Crippen molar-refractivity contribution in [3.8, 4) is 16.9 Å². The molecule has 0 saturated carbocycles. The van der Waals surface area contributed by atoms with Crippen LogP contribution in [0.3, 0.4) is 0 Å². The van der Waals surface area contributed by atoms with Crippen LogP contribution in [0.2, 0.25) is 5.02 Å². The minimum absolute atomic E-state index is 0.0583. The highest BCUT2D eigenvalue weighted by Gasteiger charge is 2.16. The van der Waals surface area contributed by atoms with Crippen LogP contribution in [0.5, 0.6) is 0 Å². The maximum Gasteiger partial charge on any atom is 0.354 e. The Morgan fingerprint density at radius 2 is 2.00 bits per heavy atom. The van der Waals surface area contributed by atoms with Gasteiger partial charge in [-0.1, -0.05) is 23.7 Å². The highest BCUT2D eigenvalue weighted by atomic mass is 35.5. The monoisotopic (exact) mass is 611 g/mol. The minimum atomic E-state index is -0.513. The van der Waals surface area contributed by atoms with Gasteiger partial charge in [-0.25, -0.2) is 9.18 Å². The summed E-state index contributed by atoms with van der Waals surface area (Å²) in [5, 5.41) is 4.33. The Labute approximate surface area is 255 Å². The molecule has 4 aromatic rings. The zero-order valence-electron chi connectivity index (χ0n) is 24.3. The molecule has 8 nitrogen and oxygen atoms in total. The molecule has 0 aliphatic rings. The maximum absolute atomic E-state index is 15.1. The molecule has 0 aliphatic carbocycles. The molecule has 6 N–H and O–H groups in total. The van der Waals surface area contributed by atoms with E-state index >= 15 is 4.39 Å². The zero-order valence-corrected chi connectivity index (χ0v) is 25.9. The summed E-state index contributed by atoms with van der Waals surface area (Å²) in [5.74, 6) is 0.992. The fraction of sp³-hybridized carbons (Fsp3) is 0.387. The molecule has 224 valence electrons. The Kier molecular flexibility index (Phi) is 11.2. The molecule has 0 radical (unpaired) electrons. The van der Waals surface area contributed by atoms with Gasteiger partial charge in [0.05, 0.1) is 22.2 Å². The lowest BCUT2D eigenvalue weighted by atomic mass is 10.0. The summed E-state index contributed by atoms with van der Waals surface area (Å²) in [4.78, 5) is 24.6. The summed E-state index contributed by atoms with van der Waals surface area (Å²) < 4.78 is 16.6. The minimum Gasteiger partial charge on any atom is -0.388 e. The molecule has 11 heteroatoms. The maximum atomic E-state index is 15.1. The summed E-state index contributed by atoms with van der Waals surface area (Å²) in [7, 11) is 0. The number of hydrogen-bond donors (Lipinski definition) is 4. The molecule has 0 aliphatic heterocycles. The van der Waals surface area contributed by atoms with Gasteiger partial charge in [0.15, 0.2) is 5.82 Å². The molecule has 2 heterocycles. The number of amidine groups is 1. The number of thioether (sulfide) groups is 1. The summed E-state index contributed by atoms with van der Waals surface area (Å²) in [5.41, 5.74) is 15.1. The largest absolute Gasteiger partial charge is 0.388 e. The molecule has 42 heavy (non-hydrogen) atoms. The first-order valence-corrected chi connectivity index (χ1v) is 15.9. The second-order valence-corrected chi connectivity index (χ2v) is 11.9. The topological polar surface area (TPSA) is 127 Å². The van der Waals surface area contributed by atoms with Gasteiger partial charge >= 0.3 is 5.69 Å². The lowest BCUT2D eigenvalue weighted by Crippen LogP contribution is -2.25. The quantitative estimate of drug-likeness (QED) is 0.0834. The van der Waals surface area contributed by atoms with Gasteiger partial charge in [0.2, 0.25) is 0 Å². The number of nitrogens with two attached hydrogens (primary N) is 2. The lowest BCUT2D eigenvalue weighted by Gasteiger charge is -2.18. The number of nitrogens with zero attached hydrogens (tertiary/aromatic N) is 3. The van der Waals surface area contributed by atoms with Crippen LogP contribution in [-0.2, 0) is 6.42 Å². The van der Waals surface area contributed by atoms with Crippen molar-refractivity contribution >= 4 is 40.2 Å². The van der Waals surface area contributed by atoms with Crippen LogP contribution < -0.4 is 22.5 Å². The summed E-state index contributed by atoms with van der Waals surface area (Å²) >= 11 is 8.02. The Bertz CT molecular complexity index is 1580. The number of halogens is 2. The number of aromatic nitrogens is 3. The average Bonchev–Trinajstić information content (AvgIpc) is 3.36. The van der Waals surface area contributed by atoms with Gasteiger partial charge in [-0.2, -0.15) is 16.7 Å². The number of H-pyrrole nitrogens is 1. The number of aromatic amines is 1. The van der Waals surface area contributed by atoms with Crippen molar-refractivity contribution in [2.45, 2.75) is 51.6 Å². The van der Waals surface area contributed by atoms with Gasteiger partial charge in [-0.05, 0) is 93.8 Å². The normalized spacial score (nSPS) is 13.5. The number of rotatable bonds is 14. The van der Waals surface area contributed by atoms with Crippen molar-refractivity contribution in [3.05, 3.63) is 81.1 Å². The predicted molar refractivity (Wildman–Crippen MR) is 175 cm³/mol. The fourth-order valence-electron chi connectivity index (χ4n) is 4.86. The molecular weight excluding hydrogens is 573 g/mol. The molecule has 0 spiro atoms. The number of fused-ring (bicyclic) bond motifs is 1. The van der Waals surface area contributed by atoms with Crippen molar-refractivity contribution in [1.29, 1.82) is 0 Å². The first-order valence-electron chi connectivity index (χ1n) is 14.1. The smallest absolute Gasteiger partial charge is 0.354 e. The number of aryl methyl sites for hydroxylation is 1. The van der Waals surface area contributed by atoms with Crippen LogP contribution in [0.1, 0.15) is 50.3 Å². The molecule has 0 saturated heterocycles. The van der Waals surface area contributed by atoms with E-state index in [1.807, 2.05) is 31.2 Å². The van der Waals surface area contributed by atoms with Crippen molar-refractivity contribution in [3.63, 3.8) is 0 Å². The third-order valence-corrected chi connectivity index (χ3v) is 7.95. The molecule has 0 fully saturated rings. The Morgan fingerprint density at radius 1 is 1.24 bits per heavy atom. The molecule has 2 aromatic heterocycles. The van der Waals surface area contributed by atoms with E-state index in [2.05, 4.69) is 26.5 Å². The van der Waals surface area contributed by atoms with E-state index in [0.29, 0.717) is 40.4 Å². The van der Waals surface area contributed by atoms with E-state index in [1.54, 1.807) is 43.1 Å². The van der Waals surface area contributed by atoms with Gasteiger partial charge in [0, 0.05) is 41.5 Å². The molecule has 2 atom stereocenters. The number of benzene rings is 2. The first-order chi connectivity index (χ1) is 20.2. The standard InChI is InChI=1S/C31H39ClFN7OS/c1-19(34)6-4-7-21-14-25(29(33)26(32)15-21)27-16-23-17-40(31(41)39-30(23)38-27)24-10-8-22(9-11-24)28(18-42-3)37-13-5-12-36-20(2)35/h8-11,14-17,19,28,37H,4-7,12-13,18,34H2,1-3H3,(H2,35,36)(H,38,39,41). The second kappa shape index (κ2) is 14.8. The Balaban J connectivity index is 1.56. The lowest BCUT2D eigenvalue weighted by molar-refractivity contribution is 0.568. The second-order valence-electron chi connectivity index (χ2n) is 10.6. The summed E-state index contributed by atoms with van der Waals surface area (Å²) in [6.07, 6.45) is 7.18. The molecule has 2 unspecified atom stereocenters. The van der Waals surface area contributed by atoms with E-state index in [1.165, 1.54) is 4.57 Å². The van der Waals surface area contributed by atoms with Gasteiger partial charge < -0.3 is 21.8 Å². The SMILES string of the molecule is CSCC(NCCCN=C(C)N)c1ccc(-n2cc3cc(-c4cc(CCCC(C)N)cc(Cl)c4F)[nH]c3nc2=O)cc1. The van der Waals surface area contributed by atoms with E-state index < -0.39 is 11.5 Å². The summed E-state index contributed by atoms with van der Waals surface area (Å²) in [6.45, 7) is 5.27. The average molecular weight is 612 g/mol. The third kappa shape index (κ3) is 8.22. The van der Waals surface area contributed by atoms with Crippen molar-refractivity contribution in [1.82, 2.24) is 19.9 Å². The molecule has 0 amide bonds. The van der Waals surface area contributed by atoms with E-state index in [9.17, 15) is 4.79 Å². The van der Waals surface area contributed by atoms with Crippen LogP contribution in [0, 0.1) is 5.82 Å². The molecule has 4 rings (SSSR count). The fourth-order valence-corrected chi connectivity index (χ4v) is 5.74. The highest BCUT2D eigenvalue weighted by molar-refractivity contribution is 7.98. The van der Waals surface area contributed by atoms with Crippen molar-refractivity contribution in [2.75, 3.05) is 25.1 Å². The Hall–Kier alpha value is -3.18. The van der Waals surface area contributed by atoms with Gasteiger partial charge in [-0.3, -0.25) is 9.56 Å². The van der Waals surface area contributed by atoms with Gasteiger partial charge in [0.25, 0.3) is 0 Å². The van der Waals surface area contributed by atoms with Crippen LogP contribution in [0.25, 0.3) is 28.0 Å².